The van der Waals surface area contributed by atoms with Gasteiger partial charge in [-0.3, -0.25) is 9.69 Å². The Morgan fingerprint density at radius 1 is 1.25 bits per heavy atom. The van der Waals surface area contributed by atoms with Crippen molar-refractivity contribution in [2.75, 3.05) is 26.7 Å². The fraction of sp³-hybridized carbons (Fsp3) is 0.588. The van der Waals surface area contributed by atoms with Gasteiger partial charge < -0.3 is 4.74 Å². The lowest BCUT2D eigenvalue weighted by Crippen LogP contribution is -2.37. The molecule has 0 aliphatic carbocycles. The topological polar surface area (TPSA) is 29.5 Å². The summed E-state index contributed by atoms with van der Waals surface area (Å²) in [6, 6.07) is 3.89. The summed E-state index contributed by atoms with van der Waals surface area (Å²) in [5.41, 5.74) is 2.89. The third kappa shape index (κ3) is 3.40. The second-order valence-corrected chi connectivity index (χ2v) is 6.02. The summed E-state index contributed by atoms with van der Waals surface area (Å²) in [7, 11) is 1.66. The van der Waals surface area contributed by atoms with Gasteiger partial charge in [-0.1, -0.05) is 6.92 Å². The Morgan fingerprint density at radius 3 is 2.30 bits per heavy atom. The van der Waals surface area contributed by atoms with E-state index in [1.165, 1.54) is 12.8 Å². The van der Waals surface area contributed by atoms with E-state index in [1.807, 2.05) is 26.0 Å². The minimum absolute atomic E-state index is 0.234. The van der Waals surface area contributed by atoms with E-state index in [0.717, 1.165) is 41.4 Å². The number of hydrogen-bond acceptors (Lipinski definition) is 3. The van der Waals surface area contributed by atoms with Crippen LogP contribution >= 0.6 is 0 Å². The predicted molar refractivity (Wildman–Crippen MR) is 81.6 cm³/mol. The SMILES string of the molecule is COc1cc(C)c(C(=O)CN2CCC(C)CC2)c(C)c1. The van der Waals surface area contributed by atoms with Crippen LogP contribution in [0.5, 0.6) is 5.75 Å². The molecule has 0 bridgehead atoms. The molecule has 1 aromatic carbocycles. The van der Waals surface area contributed by atoms with Crippen molar-refractivity contribution < 1.29 is 9.53 Å². The van der Waals surface area contributed by atoms with Gasteiger partial charge in [-0.05, 0) is 69.0 Å². The summed E-state index contributed by atoms with van der Waals surface area (Å²) in [5.74, 6) is 1.85. The highest BCUT2D eigenvalue weighted by Gasteiger charge is 2.20. The number of rotatable bonds is 4. The Balaban J connectivity index is 2.09. The van der Waals surface area contributed by atoms with Crippen LogP contribution in [0.2, 0.25) is 0 Å². The zero-order valence-corrected chi connectivity index (χ0v) is 13.0. The average Bonchev–Trinajstić information content (AvgIpc) is 2.40. The van der Waals surface area contributed by atoms with Crippen molar-refractivity contribution in [2.24, 2.45) is 5.92 Å². The fourth-order valence-corrected chi connectivity index (χ4v) is 2.98. The summed E-state index contributed by atoms with van der Waals surface area (Å²) in [4.78, 5) is 14.8. The fourth-order valence-electron chi connectivity index (χ4n) is 2.98. The summed E-state index contributed by atoms with van der Waals surface area (Å²) in [6.07, 6.45) is 2.40. The third-order valence-electron chi connectivity index (χ3n) is 4.26. The molecule has 110 valence electrons. The molecule has 0 saturated carbocycles. The van der Waals surface area contributed by atoms with Crippen molar-refractivity contribution in [3.8, 4) is 5.75 Å². The van der Waals surface area contributed by atoms with Gasteiger partial charge in [0.1, 0.15) is 5.75 Å². The first-order chi connectivity index (χ1) is 9.51. The molecular formula is C17H25NO2. The highest BCUT2D eigenvalue weighted by atomic mass is 16.5. The Bertz CT molecular complexity index is 465. The first-order valence-corrected chi connectivity index (χ1v) is 7.42. The minimum atomic E-state index is 0.234. The van der Waals surface area contributed by atoms with E-state index >= 15 is 0 Å². The lowest BCUT2D eigenvalue weighted by atomic mass is 9.96. The summed E-state index contributed by atoms with van der Waals surface area (Å²) in [6.45, 7) is 8.89. The van der Waals surface area contributed by atoms with Crippen LogP contribution in [0.3, 0.4) is 0 Å². The number of benzene rings is 1. The quantitative estimate of drug-likeness (QED) is 0.790. The Morgan fingerprint density at radius 2 is 1.80 bits per heavy atom. The molecule has 0 N–H and O–H groups in total. The molecule has 1 fully saturated rings. The Kier molecular flexibility index (Phi) is 4.81. The van der Waals surface area contributed by atoms with E-state index in [0.29, 0.717) is 6.54 Å². The van der Waals surface area contributed by atoms with Gasteiger partial charge in [-0.15, -0.1) is 0 Å². The maximum absolute atomic E-state index is 12.6. The molecule has 0 spiro atoms. The average molecular weight is 275 g/mol. The molecule has 0 aromatic heterocycles. The van der Waals surface area contributed by atoms with Crippen LogP contribution in [0.25, 0.3) is 0 Å². The van der Waals surface area contributed by atoms with Crippen LogP contribution in [0.1, 0.15) is 41.3 Å². The van der Waals surface area contributed by atoms with Gasteiger partial charge in [0.2, 0.25) is 0 Å². The van der Waals surface area contributed by atoms with Gasteiger partial charge in [0, 0.05) is 5.56 Å². The molecular weight excluding hydrogens is 250 g/mol. The van der Waals surface area contributed by atoms with E-state index in [-0.39, 0.29) is 5.78 Å². The van der Waals surface area contributed by atoms with Crippen LogP contribution in [0.4, 0.5) is 0 Å². The number of ketones is 1. The number of piperidine rings is 1. The van der Waals surface area contributed by atoms with Crippen molar-refractivity contribution in [1.29, 1.82) is 0 Å². The number of Topliss-reactive ketones (excluding diaryl/α,β-unsaturated/α-hetero) is 1. The van der Waals surface area contributed by atoms with Crippen molar-refractivity contribution in [1.82, 2.24) is 4.90 Å². The van der Waals surface area contributed by atoms with Gasteiger partial charge in [0.15, 0.2) is 5.78 Å². The van der Waals surface area contributed by atoms with Gasteiger partial charge >= 0.3 is 0 Å². The zero-order valence-electron chi connectivity index (χ0n) is 13.0. The molecule has 1 saturated heterocycles. The standard InChI is InChI=1S/C17H25NO2/c1-12-5-7-18(8-6-12)11-16(19)17-13(2)9-15(20-4)10-14(17)3/h9-10,12H,5-8,11H2,1-4H3. The lowest BCUT2D eigenvalue weighted by Gasteiger charge is -2.29. The molecule has 1 aliphatic rings. The van der Waals surface area contributed by atoms with Gasteiger partial charge in [0.05, 0.1) is 13.7 Å². The van der Waals surface area contributed by atoms with Crippen LogP contribution in [0, 0.1) is 19.8 Å². The van der Waals surface area contributed by atoms with E-state index in [1.54, 1.807) is 7.11 Å². The summed E-state index contributed by atoms with van der Waals surface area (Å²) < 4.78 is 5.25. The van der Waals surface area contributed by atoms with Crippen LogP contribution in [-0.2, 0) is 0 Å². The molecule has 0 radical (unpaired) electrons. The number of hydrogen-bond donors (Lipinski definition) is 0. The normalized spacial score (nSPS) is 17.2. The highest BCUT2D eigenvalue weighted by Crippen LogP contribution is 2.23. The van der Waals surface area contributed by atoms with Crippen LogP contribution in [-0.4, -0.2) is 37.4 Å². The monoisotopic (exact) mass is 275 g/mol. The first-order valence-electron chi connectivity index (χ1n) is 7.42. The number of nitrogens with zero attached hydrogens (tertiary/aromatic N) is 1. The highest BCUT2D eigenvalue weighted by molar-refractivity contribution is 6.00. The summed E-state index contributed by atoms with van der Waals surface area (Å²) in [5, 5.41) is 0. The summed E-state index contributed by atoms with van der Waals surface area (Å²) >= 11 is 0. The maximum atomic E-state index is 12.6. The first kappa shape index (κ1) is 15.0. The van der Waals surface area contributed by atoms with Crippen LogP contribution < -0.4 is 4.74 Å². The number of ether oxygens (including phenoxy) is 1. The van der Waals surface area contributed by atoms with Gasteiger partial charge in [0.25, 0.3) is 0 Å². The molecule has 1 aromatic rings. The maximum Gasteiger partial charge on any atom is 0.177 e. The number of carbonyl (C=O) groups is 1. The van der Waals surface area contributed by atoms with Crippen LogP contribution in [0.15, 0.2) is 12.1 Å². The molecule has 1 aliphatic heterocycles. The van der Waals surface area contributed by atoms with E-state index in [9.17, 15) is 4.79 Å². The molecule has 0 unspecified atom stereocenters. The molecule has 0 atom stereocenters. The smallest absolute Gasteiger partial charge is 0.177 e. The van der Waals surface area contributed by atoms with Crippen molar-refractivity contribution in [2.45, 2.75) is 33.6 Å². The number of methoxy groups -OCH3 is 1. The predicted octanol–water partition coefficient (Wildman–Crippen LogP) is 3.23. The number of likely N-dealkylation sites (tertiary alicyclic amines) is 1. The van der Waals surface area contributed by atoms with Crippen molar-refractivity contribution in [3.05, 3.63) is 28.8 Å². The van der Waals surface area contributed by atoms with Gasteiger partial charge in [-0.25, -0.2) is 0 Å². The minimum Gasteiger partial charge on any atom is -0.497 e. The molecule has 20 heavy (non-hydrogen) atoms. The Labute approximate surface area is 121 Å². The second kappa shape index (κ2) is 6.40. The van der Waals surface area contributed by atoms with E-state index in [4.69, 9.17) is 4.74 Å². The largest absolute Gasteiger partial charge is 0.497 e. The molecule has 1 heterocycles. The second-order valence-electron chi connectivity index (χ2n) is 6.02. The molecule has 2 rings (SSSR count). The van der Waals surface area contributed by atoms with Crippen molar-refractivity contribution >= 4 is 5.78 Å². The third-order valence-corrected chi connectivity index (χ3v) is 4.26. The zero-order chi connectivity index (χ0) is 14.7. The van der Waals surface area contributed by atoms with Crippen molar-refractivity contribution in [3.63, 3.8) is 0 Å². The van der Waals surface area contributed by atoms with Gasteiger partial charge in [-0.2, -0.15) is 0 Å². The lowest BCUT2D eigenvalue weighted by molar-refractivity contribution is 0.0898. The number of carbonyl (C=O) groups excluding carboxylic acids is 1. The van der Waals surface area contributed by atoms with E-state index < -0.39 is 0 Å². The van der Waals surface area contributed by atoms with E-state index in [2.05, 4.69) is 11.8 Å². The molecule has 0 amide bonds. The number of aryl methyl sites for hydroxylation is 2. The molecule has 3 nitrogen and oxygen atoms in total. The molecule has 3 heteroatoms. The Hall–Kier alpha value is -1.35.